The molecule has 0 bridgehead atoms. The number of hydrogen-bond acceptors (Lipinski definition) is 5. The monoisotopic (exact) mass is 409 g/mol. The molecule has 0 atom stereocenters. The molecular formula is C20H16ClN5OS. The lowest BCUT2D eigenvalue weighted by Gasteiger charge is -2.11. The third kappa shape index (κ3) is 3.85. The van der Waals surface area contributed by atoms with Crippen LogP contribution in [0.1, 0.15) is 5.56 Å². The van der Waals surface area contributed by atoms with Crippen molar-refractivity contribution in [3.63, 3.8) is 0 Å². The molecule has 0 saturated carbocycles. The number of carbonyl (C=O) groups is 1. The Labute approximate surface area is 170 Å². The minimum Gasteiger partial charge on any atom is -0.325 e. The van der Waals surface area contributed by atoms with Crippen LogP contribution in [0.15, 0.2) is 65.8 Å². The smallest absolute Gasteiger partial charge is 0.234 e. The van der Waals surface area contributed by atoms with Crippen LogP contribution in [0, 0.1) is 6.92 Å². The zero-order valence-electron chi connectivity index (χ0n) is 15.0. The molecule has 28 heavy (non-hydrogen) atoms. The van der Waals surface area contributed by atoms with Gasteiger partial charge in [-0.3, -0.25) is 4.79 Å². The number of fused-ring (bicyclic) bond motifs is 1. The summed E-state index contributed by atoms with van der Waals surface area (Å²) in [7, 11) is 0. The van der Waals surface area contributed by atoms with Crippen molar-refractivity contribution in [2.45, 2.75) is 11.8 Å². The van der Waals surface area contributed by atoms with Gasteiger partial charge in [-0.05, 0) is 52.6 Å². The quantitative estimate of drug-likeness (QED) is 0.491. The summed E-state index contributed by atoms with van der Waals surface area (Å²) in [5, 5.41) is 16.8. The van der Waals surface area contributed by atoms with Crippen molar-refractivity contribution in [3.05, 3.63) is 71.5 Å². The van der Waals surface area contributed by atoms with Gasteiger partial charge in [0.2, 0.25) is 5.91 Å². The molecular weight excluding hydrogens is 394 g/mol. The average Bonchev–Trinajstić information content (AvgIpc) is 3.23. The number of rotatable bonds is 5. The van der Waals surface area contributed by atoms with E-state index in [9.17, 15) is 4.79 Å². The van der Waals surface area contributed by atoms with E-state index in [1.807, 2.05) is 61.5 Å². The minimum absolute atomic E-state index is 0.0916. The summed E-state index contributed by atoms with van der Waals surface area (Å²) >= 11 is 7.83. The number of nitrogens with one attached hydrogen (secondary N) is 1. The molecule has 1 amide bonds. The second kappa shape index (κ2) is 8.00. The molecule has 4 rings (SSSR count). The topological polar surface area (TPSA) is 72.7 Å². The third-order valence-electron chi connectivity index (χ3n) is 4.28. The molecule has 0 aliphatic rings. The molecule has 0 aliphatic heterocycles. The number of anilines is 1. The van der Waals surface area contributed by atoms with Gasteiger partial charge in [0.15, 0.2) is 0 Å². The van der Waals surface area contributed by atoms with E-state index in [4.69, 9.17) is 11.6 Å². The molecule has 1 heterocycles. The van der Waals surface area contributed by atoms with Gasteiger partial charge in [0.1, 0.15) is 6.33 Å². The highest BCUT2D eigenvalue weighted by Crippen LogP contribution is 2.33. The molecule has 0 aliphatic carbocycles. The van der Waals surface area contributed by atoms with Crippen molar-refractivity contribution in [2.75, 3.05) is 11.1 Å². The van der Waals surface area contributed by atoms with Crippen molar-refractivity contribution < 1.29 is 4.79 Å². The lowest BCUT2D eigenvalue weighted by atomic mass is 10.1. The van der Waals surface area contributed by atoms with Crippen molar-refractivity contribution in [3.8, 4) is 5.69 Å². The van der Waals surface area contributed by atoms with Gasteiger partial charge in [-0.1, -0.05) is 41.9 Å². The number of tetrazole rings is 1. The molecule has 0 radical (unpaired) electrons. The highest BCUT2D eigenvalue weighted by molar-refractivity contribution is 8.00. The van der Waals surface area contributed by atoms with E-state index in [1.165, 1.54) is 18.1 Å². The van der Waals surface area contributed by atoms with E-state index in [0.717, 1.165) is 32.6 Å². The SMILES string of the molecule is Cc1ccc(-n2cnnn2)cc1NC(=O)CSc1cccc2cccc(Cl)c12. The first-order valence-corrected chi connectivity index (χ1v) is 9.92. The van der Waals surface area contributed by atoms with Crippen molar-refractivity contribution in [2.24, 2.45) is 0 Å². The number of hydrogen-bond donors (Lipinski definition) is 1. The molecule has 4 aromatic rings. The lowest BCUT2D eigenvalue weighted by Crippen LogP contribution is -2.15. The van der Waals surface area contributed by atoms with Crippen LogP contribution in [0.3, 0.4) is 0 Å². The van der Waals surface area contributed by atoms with Gasteiger partial charge in [-0.2, -0.15) is 0 Å². The van der Waals surface area contributed by atoms with Crippen molar-refractivity contribution >= 4 is 45.7 Å². The van der Waals surface area contributed by atoms with Crippen LogP contribution < -0.4 is 5.32 Å². The first-order chi connectivity index (χ1) is 13.6. The normalized spacial score (nSPS) is 10.9. The molecule has 0 fully saturated rings. The largest absolute Gasteiger partial charge is 0.325 e. The van der Waals surface area contributed by atoms with Crippen LogP contribution in [0.25, 0.3) is 16.5 Å². The molecule has 1 aromatic heterocycles. The Morgan fingerprint density at radius 1 is 1.18 bits per heavy atom. The van der Waals surface area contributed by atoms with Crippen LogP contribution in [0.4, 0.5) is 5.69 Å². The van der Waals surface area contributed by atoms with Crippen LogP contribution in [0.5, 0.6) is 0 Å². The number of benzene rings is 3. The van der Waals surface area contributed by atoms with Gasteiger partial charge in [0.05, 0.1) is 11.4 Å². The van der Waals surface area contributed by atoms with Gasteiger partial charge in [-0.25, -0.2) is 4.68 Å². The van der Waals surface area contributed by atoms with E-state index in [2.05, 4.69) is 20.8 Å². The maximum Gasteiger partial charge on any atom is 0.234 e. The van der Waals surface area contributed by atoms with Crippen LogP contribution in [-0.2, 0) is 4.79 Å². The van der Waals surface area contributed by atoms with Gasteiger partial charge >= 0.3 is 0 Å². The van der Waals surface area contributed by atoms with E-state index >= 15 is 0 Å². The van der Waals surface area contributed by atoms with Crippen LogP contribution in [0.2, 0.25) is 5.02 Å². The summed E-state index contributed by atoms with van der Waals surface area (Å²) in [6, 6.07) is 17.4. The fourth-order valence-corrected chi connectivity index (χ4v) is 4.12. The molecule has 1 N–H and O–H groups in total. The Morgan fingerprint density at radius 2 is 2.00 bits per heavy atom. The van der Waals surface area contributed by atoms with Crippen molar-refractivity contribution in [1.82, 2.24) is 20.2 Å². The summed E-state index contributed by atoms with van der Waals surface area (Å²) in [5.41, 5.74) is 2.47. The first kappa shape index (κ1) is 18.5. The Balaban J connectivity index is 1.49. The number of halogens is 1. The summed E-state index contributed by atoms with van der Waals surface area (Å²) in [6.45, 7) is 1.94. The molecule has 6 nitrogen and oxygen atoms in total. The fraction of sp³-hybridized carbons (Fsp3) is 0.100. The summed E-state index contributed by atoms with van der Waals surface area (Å²) in [6.07, 6.45) is 1.51. The molecule has 0 unspecified atom stereocenters. The zero-order valence-corrected chi connectivity index (χ0v) is 16.5. The van der Waals surface area contributed by atoms with Crippen LogP contribution >= 0.6 is 23.4 Å². The molecule has 140 valence electrons. The maximum absolute atomic E-state index is 12.5. The predicted octanol–water partition coefficient (Wildman–Crippen LogP) is 4.51. The first-order valence-electron chi connectivity index (χ1n) is 8.56. The average molecular weight is 410 g/mol. The second-order valence-electron chi connectivity index (χ2n) is 6.18. The predicted molar refractivity (Wildman–Crippen MR) is 112 cm³/mol. The van der Waals surface area contributed by atoms with E-state index in [1.54, 1.807) is 4.68 Å². The summed E-state index contributed by atoms with van der Waals surface area (Å²) in [4.78, 5) is 13.5. The highest BCUT2D eigenvalue weighted by Gasteiger charge is 2.11. The molecule has 0 spiro atoms. The van der Waals surface area contributed by atoms with Crippen LogP contribution in [-0.4, -0.2) is 31.9 Å². The van der Waals surface area contributed by atoms with E-state index in [-0.39, 0.29) is 11.7 Å². The fourth-order valence-electron chi connectivity index (χ4n) is 2.88. The Bertz CT molecular complexity index is 1140. The molecule has 3 aromatic carbocycles. The summed E-state index contributed by atoms with van der Waals surface area (Å²) in [5.74, 6) is 0.185. The maximum atomic E-state index is 12.5. The number of carbonyl (C=O) groups excluding carboxylic acids is 1. The Morgan fingerprint density at radius 3 is 2.79 bits per heavy atom. The lowest BCUT2D eigenvalue weighted by molar-refractivity contribution is -0.113. The Kier molecular flexibility index (Phi) is 5.27. The number of amides is 1. The number of nitrogens with zero attached hydrogens (tertiary/aromatic N) is 4. The van der Waals surface area contributed by atoms with Crippen molar-refractivity contribution in [1.29, 1.82) is 0 Å². The number of thioether (sulfide) groups is 1. The van der Waals surface area contributed by atoms with Gasteiger partial charge in [-0.15, -0.1) is 16.9 Å². The standard InChI is InChI=1S/C20H16ClN5OS/c1-13-8-9-15(26-12-22-24-25-26)10-17(13)23-19(27)11-28-18-7-3-5-14-4-2-6-16(21)20(14)18/h2-10,12H,11H2,1H3,(H,23,27). The summed E-state index contributed by atoms with van der Waals surface area (Å²) < 4.78 is 1.54. The second-order valence-corrected chi connectivity index (χ2v) is 7.61. The highest BCUT2D eigenvalue weighted by atomic mass is 35.5. The minimum atomic E-state index is -0.0916. The Hall–Kier alpha value is -2.90. The van der Waals surface area contributed by atoms with Gasteiger partial charge < -0.3 is 5.32 Å². The molecule has 0 saturated heterocycles. The third-order valence-corrected chi connectivity index (χ3v) is 5.66. The number of aromatic nitrogens is 4. The van der Waals surface area contributed by atoms with Gasteiger partial charge in [0.25, 0.3) is 0 Å². The van der Waals surface area contributed by atoms with E-state index in [0.29, 0.717) is 5.02 Å². The van der Waals surface area contributed by atoms with Gasteiger partial charge in [0, 0.05) is 21.0 Å². The number of aryl methyl sites for hydroxylation is 1. The van der Waals surface area contributed by atoms with E-state index < -0.39 is 0 Å². The molecule has 8 heteroatoms. The zero-order chi connectivity index (χ0) is 19.5.